The molecule has 1 N–H and O–H groups in total. The van der Waals surface area contributed by atoms with Gasteiger partial charge in [0, 0.05) is 17.5 Å². The third-order valence-corrected chi connectivity index (χ3v) is 5.65. The van der Waals surface area contributed by atoms with E-state index in [0.717, 1.165) is 23.6 Å². The summed E-state index contributed by atoms with van der Waals surface area (Å²) in [5.41, 5.74) is 1.73. The topological polar surface area (TPSA) is 12.0 Å². The molecule has 1 aromatic carbocycles. The van der Waals surface area contributed by atoms with Crippen molar-refractivity contribution in [3.05, 3.63) is 29.6 Å². The maximum Gasteiger partial charge on any atom is 0.137 e. The van der Waals surface area contributed by atoms with Crippen LogP contribution >= 0.6 is 11.8 Å². The molecule has 0 saturated heterocycles. The van der Waals surface area contributed by atoms with Crippen LogP contribution in [0, 0.1) is 11.2 Å². The van der Waals surface area contributed by atoms with Crippen LogP contribution in [-0.2, 0) is 0 Å². The molecule has 0 radical (unpaired) electrons. The lowest BCUT2D eigenvalue weighted by molar-refractivity contribution is 0.380. The first-order valence-electron chi connectivity index (χ1n) is 7.39. The molecule has 0 aromatic heterocycles. The Morgan fingerprint density at radius 1 is 1.42 bits per heavy atom. The molecule has 1 atom stereocenters. The number of benzene rings is 1. The van der Waals surface area contributed by atoms with Crippen LogP contribution in [0.1, 0.15) is 50.6 Å². The molecule has 1 nitrogen and oxygen atoms in total. The van der Waals surface area contributed by atoms with Gasteiger partial charge in [-0.3, -0.25) is 0 Å². The monoisotopic (exact) mass is 279 g/mol. The van der Waals surface area contributed by atoms with Gasteiger partial charge in [-0.05, 0) is 48.5 Å². The molecule has 1 fully saturated rings. The minimum atomic E-state index is -0.0521. The standard InChI is InChI=1S/C16H22FNS/c1-2-7-16(8-9-16)11-18-14-6-10-19-15-12(14)4-3-5-13(15)17/h3-5,14,18H,2,6-11H2,1H3. The zero-order valence-corrected chi connectivity index (χ0v) is 12.4. The van der Waals surface area contributed by atoms with Crippen LogP contribution in [-0.4, -0.2) is 12.3 Å². The van der Waals surface area contributed by atoms with Crippen molar-refractivity contribution in [1.82, 2.24) is 5.32 Å². The average molecular weight is 279 g/mol. The largest absolute Gasteiger partial charge is 0.309 e. The van der Waals surface area contributed by atoms with Crippen molar-refractivity contribution in [3.8, 4) is 0 Å². The summed E-state index contributed by atoms with van der Waals surface area (Å²) in [6, 6.07) is 5.85. The van der Waals surface area contributed by atoms with Crippen LogP contribution in [0.25, 0.3) is 0 Å². The summed E-state index contributed by atoms with van der Waals surface area (Å²) in [4.78, 5) is 0.867. The van der Waals surface area contributed by atoms with Crippen LogP contribution in [0.2, 0.25) is 0 Å². The second kappa shape index (κ2) is 5.45. The Balaban J connectivity index is 1.69. The number of nitrogens with one attached hydrogen (secondary N) is 1. The number of hydrogen-bond donors (Lipinski definition) is 1. The SMILES string of the molecule is CCCC1(CNC2CCSc3c(F)cccc32)CC1. The lowest BCUT2D eigenvalue weighted by Crippen LogP contribution is -2.30. The number of thioether (sulfide) groups is 1. The Hall–Kier alpha value is -0.540. The smallest absolute Gasteiger partial charge is 0.137 e. The molecular weight excluding hydrogens is 257 g/mol. The summed E-state index contributed by atoms with van der Waals surface area (Å²) in [5, 5.41) is 3.71. The van der Waals surface area contributed by atoms with E-state index >= 15 is 0 Å². The first-order chi connectivity index (χ1) is 9.24. The van der Waals surface area contributed by atoms with Crippen molar-refractivity contribution in [2.75, 3.05) is 12.3 Å². The highest BCUT2D eigenvalue weighted by Gasteiger charge is 2.41. The Bertz CT molecular complexity index is 456. The molecule has 0 amide bonds. The van der Waals surface area contributed by atoms with Crippen LogP contribution < -0.4 is 5.32 Å². The van der Waals surface area contributed by atoms with Crippen molar-refractivity contribution >= 4 is 11.8 Å². The second-order valence-corrected chi connectivity index (χ2v) is 7.08. The maximum absolute atomic E-state index is 13.8. The molecule has 3 rings (SSSR count). The summed E-state index contributed by atoms with van der Waals surface area (Å²) in [6.07, 6.45) is 6.45. The molecule has 1 saturated carbocycles. The average Bonchev–Trinajstić information content (AvgIpc) is 3.18. The zero-order chi connectivity index (χ0) is 13.3. The molecule has 1 aromatic rings. The van der Waals surface area contributed by atoms with Gasteiger partial charge in [0.2, 0.25) is 0 Å². The van der Waals surface area contributed by atoms with Gasteiger partial charge in [0.1, 0.15) is 5.82 Å². The Morgan fingerprint density at radius 2 is 2.26 bits per heavy atom. The van der Waals surface area contributed by atoms with Gasteiger partial charge in [0.05, 0.1) is 0 Å². The Labute approximate surface area is 119 Å². The molecule has 0 bridgehead atoms. The van der Waals surface area contributed by atoms with Crippen molar-refractivity contribution in [1.29, 1.82) is 0 Å². The van der Waals surface area contributed by atoms with Gasteiger partial charge in [-0.15, -0.1) is 11.8 Å². The quantitative estimate of drug-likeness (QED) is 0.849. The third kappa shape index (κ3) is 2.82. The normalized spacial score (nSPS) is 24.0. The predicted molar refractivity (Wildman–Crippen MR) is 79.1 cm³/mol. The van der Waals surface area contributed by atoms with Gasteiger partial charge in [-0.1, -0.05) is 25.5 Å². The Morgan fingerprint density at radius 3 is 3.00 bits per heavy atom. The number of hydrogen-bond acceptors (Lipinski definition) is 2. The van der Waals surface area contributed by atoms with Crippen molar-refractivity contribution in [3.63, 3.8) is 0 Å². The van der Waals surface area contributed by atoms with Crippen molar-refractivity contribution < 1.29 is 4.39 Å². The van der Waals surface area contributed by atoms with E-state index in [-0.39, 0.29) is 5.82 Å². The summed E-state index contributed by atoms with van der Waals surface area (Å²) < 4.78 is 13.8. The zero-order valence-electron chi connectivity index (χ0n) is 11.5. The second-order valence-electron chi connectivity index (χ2n) is 5.98. The van der Waals surface area contributed by atoms with Crippen LogP contribution in [0.15, 0.2) is 23.1 Å². The Kier molecular flexibility index (Phi) is 3.86. The van der Waals surface area contributed by atoms with Crippen molar-refractivity contribution in [2.24, 2.45) is 5.41 Å². The number of halogens is 1. The maximum atomic E-state index is 13.8. The van der Waals surface area contributed by atoms with E-state index in [1.54, 1.807) is 17.8 Å². The van der Waals surface area contributed by atoms with Crippen LogP contribution in [0.3, 0.4) is 0 Å². The van der Waals surface area contributed by atoms with E-state index in [1.807, 2.05) is 6.07 Å². The van der Waals surface area contributed by atoms with Gasteiger partial charge in [0.25, 0.3) is 0 Å². The summed E-state index contributed by atoms with van der Waals surface area (Å²) in [5.74, 6) is 0.968. The molecule has 0 spiro atoms. The van der Waals surface area contributed by atoms with Gasteiger partial charge < -0.3 is 5.32 Å². The van der Waals surface area contributed by atoms with E-state index in [0.29, 0.717) is 11.5 Å². The van der Waals surface area contributed by atoms with Gasteiger partial charge >= 0.3 is 0 Å². The minimum absolute atomic E-state index is 0.0521. The highest BCUT2D eigenvalue weighted by Crippen LogP contribution is 2.49. The molecule has 1 aliphatic heterocycles. The molecule has 1 unspecified atom stereocenters. The fraction of sp³-hybridized carbons (Fsp3) is 0.625. The van der Waals surface area contributed by atoms with Gasteiger partial charge in [-0.2, -0.15) is 0 Å². The fourth-order valence-electron chi connectivity index (χ4n) is 3.16. The fourth-order valence-corrected chi connectivity index (χ4v) is 4.30. The molecule has 104 valence electrons. The van der Waals surface area contributed by atoms with E-state index in [1.165, 1.54) is 31.2 Å². The molecule has 1 heterocycles. The van der Waals surface area contributed by atoms with Crippen molar-refractivity contribution in [2.45, 2.75) is 50.0 Å². The third-order valence-electron chi connectivity index (χ3n) is 4.49. The molecule has 1 aliphatic carbocycles. The van der Waals surface area contributed by atoms with Gasteiger partial charge in [-0.25, -0.2) is 4.39 Å². The van der Waals surface area contributed by atoms with Gasteiger partial charge in [0.15, 0.2) is 0 Å². The summed E-state index contributed by atoms with van der Waals surface area (Å²) >= 11 is 1.66. The minimum Gasteiger partial charge on any atom is -0.309 e. The molecular formula is C16H22FNS. The molecule has 19 heavy (non-hydrogen) atoms. The van der Waals surface area contributed by atoms with Crippen LogP contribution in [0.5, 0.6) is 0 Å². The summed E-state index contributed by atoms with van der Waals surface area (Å²) in [7, 11) is 0. The van der Waals surface area contributed by atoms with E-state index in [9.17, 15) is 4.39 Å². The predicted octanol–water partition coefficient (Wildman–Crippen LogP) is 4.53. The van der Waals surface area contributed by atoms with E-state index in [2.05, 4.69) is 18.3 Å². The van der Waals surface area contributed by atoms with E-state index in [4.69, 9.17) is 0 Å². The molecule has 3 heteroatoms. The lowest BCUT2D eigenvalue weighted by Gasteiger charge is -2.28. The highest BCUT2D eigenvalue weighted by molar-refractivity contribution is 7.99. The van der Waals surface area contributed by atoms with Crippen LogP contribution in [0.4, 0.5) is 4.39 Å². The number of rotatable bonds is 5. The molecule has 2 aliphatic rings. The highest BCUT2D eigenvalue weighted by atomic mass is 32.2. The first kappa shape index (κ1) is 13.4. The lowest BCUT2D eigenvalue weighted by atomic mass is 9.98. The van der Waals surface area contributed by atoms with E-state index < -0.39 is 0 Å². The summed E-state index contributed by atoms with van der Waals surface area (Å²) in [6.45, 7) is 3.37. The number of fused-ring (bicyclic) bond motifs is 1. The first-order valence-corrected chi connectivity index (χ1v) is 8.37.